The van der Waals surface area contributed by atoms with Gasteiger partial charge in [-0.15, -0.1) is 11.3 Å². The fraction of sp³-hybridized carbons (Fsp3) is 0. The van der Waals surface area contributed by atoms with Crippen LogP contribution >= 0.6 is 27.3 Å². The van der Waals surface area contributed by atoms with Crippen molar-refractivity contribution in [2.45, 2.75) is 4.21 Å². The number of hydrogen-bond acceptors (Lipinski definition) is 4. The minimum Gasteiger partial charge on any atom is -0.306 e. The lowest BCUT2D eigenvalue weighted by Gasteiger charge is -2.07. The van der Waals surface area contributed by atoms with E-state index < -0.39 is 10.0 Å². The SMILES string of the molecule is O=S(=O)(Nc1cccc(-c2cn3ccccc3n2)c1)c1ccc(Br)s1. The Kier molecular flexibility index (Phi) is 4.10. The molecule has 8 heteroatoms. The van der Waals surface area contributed by atoms with Crippen molar-refractivity contribution in [1.29, 1.82) is 0 Å². The van der Waals surface area contributed by atoms with E-state index in [1.165, 1.54) is 11.3 Å². The molecule has 5 nitrogen and oxygen atoms in total. The second-order valence-electron chi connectivity index (χ2n) is 5.34. The zero-order valence-corrected chi connectivity index (χ0v) is 16.0. The quantitative estimate of drug-likeness (QED) is 0.510. The van der Waals surface area contributed by atoms with E-state index in [1.807, 2.05) is 47.1 Å². The van der Waals surface area contributed by atoms with E-state index in [4.69, 9.17) is 0 Å². The molecule has 126 valence electrons. The van der Waals surface area contributed by atoms with Crippen molar-refractivity contribution >= 4 is 48.6 Å². The molecule has 0 spiro atoms. The predicted molar refractivity (Wildman–Crippen MR) is 103 cm³/mol. The van der Waals surface area contributed by atoms with Gasteiger partial charge in [0.2, 0.25) is 0 Å². The van der Waals surface area contributed by atoms with Gasteiger partial charge in [0.1, 0.15) is 9.86 Å². The molecule has 3 heterocycles. The van der Waals surface area contributed by atoms with Gasteiger partial charge in [-0.05, 0) is 52.3 Å². The molecule has 0 atom stereocenters. The van der Waals surface area contributed by atoms with E-state index in [0.29, 0.717) is 5.69 Å². The number of anilines is 1. The van der Waals surface area contributed by atoms with E-state index in [0.717, 1.165) is 20.7 Å². The summed E-state index contributed by atoms with van der Waals surface area (Å²) in [7, 11) is -3.60. The summed E-state index contributed by atoms with van der Waals surface area (Å²) in [5.41, 5.74) is 2.97. The molecule has 1 N–H and O–H groups in total. The van der Waals surface area contributed by atoms with Crippen molar-refractivity contribution in [2.24, 2.45) is 0 Å². The van der Waals surface area contributed by atoms with Crippen LogP contribution in [0.15, 0.2) is 75.0 Å². The average molecular weight is 434 g/mol. The van der Waals surface area contributed by atoms with Gasteiger partial charge in [-0.2, -0.15) is 0 Å². The van der Waals surface area contributed by atoms with E-state index in [-0.39, 0.29) is 4.21 Å². The number of nitrogens with zero attached hydrogens (tertiary/aromatic N) is 2. The van der Waals surface area contributed by atoms with Gasteiger partial charge in [-0.25, -0.2) is 13.4 Å². The van der Waals surface area contributed by atoms with Crippen LogP contribution in [0.1, 0.15) is 0 Å². The maximum Gasteiger partial charge on any atom is 0.271 e. The monoisotopic (exact) mass is 433 g/mol. The van der Waals surface area contributed by atoms with Crippen LogP contribution in [-0.2, 0) is 10.0 Å². The first-order chi connectivity index (χ1) is 12.0. The molecule has 4 rings (SSSR count). The number of fused-ring (bicyclic) bond motifs is 1. The molecule has 0 aliphatic carbocycles. The van der Waals surface area contributed by atoms with Crippen LogP contribution in [0.2, 0.25) is 0 Å². The topological polar surface area (TPSA) is 63.5 Å². The predicted octanol–water partition coefficient (Wildman–Crippen LogP) is 4.63. The van der Waals surface area contributed by atoms with E-state index in [9.17, 15) is 8.42 Å². The standard InChI is InChI=1S/C17H12BrN3O2S2/c18-15-7-8-17(24-15)25(22,23)20-13-5-3-4-12(10-13)14-11-21-9-2-1-6-16(21)19-14/h1-11,20H. The van der Waals surface area contributed by atoms with Gasteiger partial charge in [0, 0.05) is 23.6 Å². The number of pyridine rings is 1. The minimum absolute atomic E-state index is 0.262. The molecule has 25 heavy (non-hydrogen) atoms. The number of imidazole rings is 1. The molecule has 0 aliphatic heterocycles. The molecule has 0 bridgehead atoms. The fourth-order valence-electron chi connectivity index (χ4n) is 2.46. The van der Waals surface area contributed by atoms with E-state index in [2.05, 4.69) is 25.6 Å². The molecule has 0 radical (unpaired) electrons. The van der Waals surface area contributed by atoms with Crippen LogP contribution in [0.5, 0.6) is 0 Å². The number of thiophene rings is 1. The van der Waals surface area contributed by atoms with Crippen molar-refractivity contribution in [1.82, 2.24) is 9.38 Å². The largest absolute Gasteiger partial charge is 0.306 e. The average Bonchev–Trinajstić information content (AvgIpc) is 3.21. The molecular weight excluding hydrogens is 422 g/mol. The van der Waals surface area contributed by atoms with Crippen LogP contribution in [0.3, 0.4) is 0 Å². The number of halogens is 1. The van der Waals surface area contributed by atoms with Crippen molar-refractivity contribution in [3.8, 4) is 11.3 Å². The zero-order chi connectivity index (χ0) is 17.4. The van der Waals surface area contributed by atoms with Gasteiger partial charge in [0.15, 0.2) is 0 Å². The molecule has 0 saturated heterocycles. The normalized spacial score (nSPS) is 11.7. The second kappa shape index (κ2) is 6.29. The Morgan fingerprint density at radius 1 is 1.08 bits per heavy atom. The smallest absolute Gasteiger partial charge is 0.271 e. The summed E-state index contributed by atoms with van der Waals surface area (Å²) in [5.74, 6) is 0. The molecule has 4 aromatic rings. The first kappa shape index (κ1) is 16.3. The van der Waals surface area contributed by atoms with Crippen LogP contribution in [0, 0.1) is 0 Å². The van der Waals surface area contributed by atoms with Gasteiger partial charge >= 0.3 is 0 Å². The number of rotatable bonds is 4. The summed E-state index contributed by atoms with van der Waals surface area (Å²) in [6.07, 6.45) is 3.84. The number of hydrogen-bond donors (Lipinski definition) is 1. The number of nitrogens with one attached hydrogen (secondary N) is 1. The highest BCUT2D eigenvalue weighted by Crippen LogP contribution is 2.29. The maximum absolute atomic E-state index is 12.5. The third kappa shape index (κ3) is 3.33. The van der Waals surface area contributed by atoms with Crippen LogP contribution in [0.25, 0.3) is 16.9 Å². The number of benzene rings is 1. The van der Waals surface area contributed by atoms with Gasteiger partial charge < -0.3 is 4.40 Å². The summed E-state index contributed by atoms with van der Waals surface area (Å²) in [4.78, 5) is 4.56. The van der Waals surface area contributed by atoms with Crippen molar-refractivity contribution in [2.75, 3.05) is 4.72 Å². The Hall–Kier alpha value is -2.16. The van der Waals surface area contributed by atoms with Crippen LogP contribution in [0.4, 0.5) is 5.69 Å². The Morgan fingerprint density at radius 3 is 2.72 bits per heavy atom. The van der Waals surface area contributed by atoms with E-state index >= 15 is 0 Å². The van der Waals surface area contributed by atoms with Gasteiger partial charge in [-0.3, -0.25) is 4.72 Å². The van der Waals surface area contributed by atoms with Gasteiger partial charge in [-0.1, -0.05) is 18.2 Å². The third-order valence-electron chi connectivity index (χ3n) is 3.59. The highest BCUT2D eigenvalue weighted by atomic mass is 79.9. The Balaban J connectivity index is 1.67. The summed E-state index contributed by atoms with van der Waals surface area (Å²) >= 11 is 4.45. The highest BCUT2D eigenvalue weighted by molar-refractivity contribution is 9.11. The molecule has 0 aliphatic rings. The summed E-state index contributed by atoms with van der Waals surface area (Å²) < 4.78 is 30.5. The Labute approximate surface area is 157 Å². The first-order valence-corrected chi connectivity index (χ1v) is 10.4. The third-order valence-corrected chi connectivity index (χ3v) is 7.08. The molecule has 0 saturated carbocycles. The van der Waals surface area contributed by atoms with Crippen LogP contribution in [-0.4, -0.2) is 17.8 Å². The molecule has 0 amide bonds. The van der Waals surface area contributed by atoms with Gasteiger partial charge in [0.05, 0.1) is 9.48 Å². The van der Waals surface area contributed by atoms with Gasteiger partial charge in [0.25, 0.3) is 10.0 Å². The lowest BCUT2D eigenvalue weighted by atomic mass is 10.1. The highest BCUT2D eigenvalue weighted by Gasteiger charge is 2.17. The Morgan fingerprint density at radius 2 is 1.96 bits per heavy atom. The summed E-state index contributed by atoms with van der Waals surface area (Å²) in [6.45, 7) is 0. The van der Waals surface area contributed by atoms with E-state index in [1.54, 1.807) is 24.3 Å². The van der Waals surface area contributed by atoms with Crippen LogP contribution < -0.4 is 4.72 Å². The lowest BCUT2D eigenvalue weighted by Crippen LogP contribution is -2.11. The first-order valence-electron chi connectivity index (χ1n) is 7.34. The van der Waals surface area contributed by atoms with Crippen molar-refractivity contribution in [3.05, 3.63) is 70.8 Å². The summed E-state index contributed by atoms with van der Waals surface area (Å²) in [5, 5.41) is 0. The lowest BCUT2D eigenvalue weighted by molar-refractivity contribution is 0.603. The minimum atomic E-state index is -3.60. The molecular formula is C17H12BrN3O2S2. The fourth-order valence-corrected chi connectivity index (χ4v) is 5.52. The van der Waals surface area contributed by atoms with Crippen molar-refractivity contribution < 1.29 is 8.42 Å². The molecule has 0 fully saturated rings. The molecule has 1 aromatic carbocycles. The second-order valence-corrected chi connectivity index (χ2v) is 9.71. The maximum atomic E-state index is 12.5. The molecule has 0 unspecified atom stereocenters. The number of aromatic nitrogens is 2. The zero-order valence-electron chi connectivity index (χ0n) is 12.8. The molecule has 3 aromatic heterocycles. The summed E-state index contributed by atoms with van der Waals surface area (Å²) in [6, 6.07) is 16.3. The number of sulfonamides is 1. The van der Waals surface area contributed by atoms with Crippen molar-refractivity contribution in [3.63, 3.8) is 0 Å². The Bertz CT molecular complexity index is 1130.